The minimum Gasteiger partial charge on any atom is -0.352 e. The van der Waals surface area contributed by atoms with E-state index in [1.54, 1.807) is 17.0 Å². The summed E-state index contributed by atoms with van der Waals surface area (Å²) in [5.74, 6) is -0.682. The number of amides is 3. The van der Waals surface area contributed by atoms with Gasteiger partial charge in [0, 0.05) is 36.8 Å². The first-order valence-corrected chi connectivity index (χ1v) is 10.0. The van der Waals surface area contributed by atoms with Crippen molar-refractivity contribution in [3.8, 4) is 0 Å². The Balaban J connectivity index is 1.56. The first kappa shape index (κ1) is 20.6. The Morgan fingerprint density at radius 3 is 2.62 bits per heavy atom. The number of carbonyl (C=O) groups is 3. The lowest BCUT2D eigenvalue weighted by molar-refractivity contribution is -0.126. The Kier molecular flexibility index (Phi) is 6.65. The van der Waals surface area contributed by atoms with Gasteiger partial charge in [-0.3, -0.25) is 14.4 Å². The third-order valence-electron chi connectivity index (χ3n) is 5.21. The maximum Gasteiger partial charge on any atom is 0.251 e. The van der Waals surface area contributed by atoms with Gasteiger partial charge >= 0.3 is 0 Å². The van der Waals surface area contributed by atoms with E-state index in [2.05, 4.69) is 10.6 Å². The molecule has 1 saturated heterocycles. The number of hydrogen-bond donors (Lipinski definition) is 2. The van der Waals surface area contributed by atoms with E-state index in [1.165, 1.54) is 0 Å². The van der Waals surface area contributed by atoms with E-state index in [9.17, 15) is 14.4 Å². The van der Waals surface area contributed by atoms with Gasteiger partial charge in [0.05, 0.1) is 5.92 Å². The highest BCUT2D eigenvalue weighted by molar-refractivity contribution is 6.00. The number of anilines is 1. The summed E-state index contributed by atoms with van der Waals surface area (Å²) in [7, 11) is 0. The molecule has 6 nitrogen and oxygen atoms in total. The molecule has 3 amide bonds. The summed E-state index contributed by atoms with van der Waals surface area (Å²) < 4.78 is 0. The van der Waals surface area contributed by atoms with Crippen LogP contribution in [0.1, 0.15) is 42.6 Å². The van der Waals surface area contributed by atoms with Crippen molar-refractivity contribution in [2.45, 2.75) is 39.3 Å². The van der Waals surface area contributed by atoms with E-state index in [1.807, 2.05) is 56.3 Å². The second-order valence-corrected chi connectivity index (χ2v) is 7.44. The molecular weight excluding hydrogens is 366 g/mol. The molecule has 3 rings (SSSR count). The molecule has 1 fully saturated rings. The first-order valence-electron chi connectivity index (χ1n) is 10.0. The lowest BCUT2D eigenvalue weighted by atomic mass is 10.1. The molecule has 2 aromatic carbocycles. The summed E-state index contributed by atoms with van der Waals surface area (Å²) in [5, 5.41) is 5.84. The number of carbonyl (C=O) groups excluding carboxylic acids is 3. The molecule has 1 heterocycles. The summed E-state index contributed by atoms with van der Waals surface area (Å²) in [6.07, 6.45) is 1.07. The lowest BCUT2D eigenvalue weighted by Gasteiger charge is -2.16. The zero-order chi connectivity index (χ0) is 20.8. The number of nitrogens with zero attached hydrogens (tertiary/aromatic N) is 1. The van der Waals surface area contributed by atoms with Crippen molar-refractivity contribution in [1.82, 2.24) is 10.6 Å². The zero-order valence-electron chi connectivity index (χ0n) is 16.9. The van der Waals surface area contributed by atoms with Gasteiger partial charge in [-0.2, -0.15) is 0 Å². The number of rotatable bonds is 7. The second-order valence-electron chi connectivity index (χ2n) is 7.44. The molecule has 0 aliphatic carbocycles. The smallest absolute Gasteiger partial charge is 0.251 e. The highest BCUT2D eigenvalue weighted by Crippen LogP contribution is 2.24. The van der Waals surface area contributed by atoms with Crippen molar-refractivity contribution in [1.29, 1.82) is 0 Å². The summed E-state index contributed by atoms with van der Waals surface area (Å²) >= 11 is 0. The van der Waals surface area contributed by atoms with E-state index in [-0.39, 0.29) is 36.1 Å². The summed E-state index contributed by atoms with van der Waals surface area (Å²) in [5.41, 5.74) is 2.23. The highest BCUT2D eigenvalue weighted by Gasteiger charge is 2.34. The largest absolute Gasteiger partial charge is 0.352 e. The molecule has 2 N–H and O–H groups in total. The zero-order valence-corrected chi connectivity index (χ0v) is 16.9. The molecule has 1 aliphatic heterocycles. The number of hydrogen-bond acceptors (Lipinski definition) is 3. The molecule has 6 heteroatoms. The van der Waals surface area contributed by atoms with E-state index >= 15 is 0 Å². The van der Waals surface area contributed by atoms with Gasteiger partial charge in [-0.1, -0.05) is 37.3 Å². The summed E-state index contributed by atoms with van der Waals surface area (Å²) in [6, 6.07) is 16.7. The van der Waals surface area contributed by atoms with Crippen molar-refractivity contribution >= 4 is 23.4 Å². The van der Waals surface area contributed by atoms with Crippen LogP contribution in [0, 0.1) is 5.92 Å². The maximum atomic E-state index is 12.6. The van der Waals surface area contributed by atoms with Crippen LogP contribution in [0.5, 0.6) is 0 Å². The van der Waals surface area contributed by atoms with E-state index in [0.29, 0.717) is 18.7 Å². The predicted octanol–water partition coefficient (Wildman–Crippen LogP) is 2.88. The number of para-hydroxylation sites is 1. The minimum atomic E-state index is -0.375. The van der Waals surface area contributed by atoms with Crippen molar-refractivity contribution in [3.63, 3.8) is 0 Å². The molecule has 29 heavy (non-hydrogen) atoms. The molecule has 0 aromatic heterocycles. The van der Waals surface area contributed by atoms with Crippen LogP contribution in [-0.4, -0.2) is 30.3 Å². The second kappa shape index (κ2) is 9.37. The number of nitrogens with one attached hydrogen (secondary N) is 2. The first-order chi connectivity index (χ1) is 14.0. The molecule has 1 aliphatic rings. The molecular formula is C23H27N3O3. The van der Waals surface area contributed by atoms with Gasteiger partial charge in [-0.05, 0) is 43.2 Å². The molecule has 0 spiro atoms. The average molecular weight is 393 g/mol. The standard InChI is InChI=1S/C23H27N3O3/c1-3-16(2)25-23(29)18-9-7-8-17(12-18)14-24-22(28)19-13-21(27)26(15-19)20-10-5-4-6-11-20/h4-12,16,19H,3,13-15H2,1-2H3,(H,24,28)(H,25,29)/t16-,19+/m0/s1. The quantitative estimate of drug-likeness (QED) is 0.759. The van der Waals surface area contributed by atoms with Gasteiger partial charge < -0.3 is 15.5 Å². The van der Waals surface area contributed by atoms with Crippen LogP contribution in [-0.2, 0) is 16.1 Å². The fourth-order valence-corrected chi connectivity index (χ4v) is 3.31. The van der Waals surface area contributed by atoms with Crippen LogP contribution in [0.15, 0.2) is 54.6 Å². The third-order valence-corrected chi connectivity index (χ3v) is 5.21. The monoisotopic (exact) mass is 393 g/mol. The molecule has 2 aromatic rings. The van der Waals surface area contributed by atoms with E-state index < -0.39 is 0 Å². The molecule has 0 saturated carbocycles. The summed E-state index contributed by atoms with van der Waals surface area (Å²) in [4.78, 5) is 38.8. The SMILES string of the molecule is CC[C@H](C)NC(=O)c1cccc(CNC(=O)[C@@H]2CC(=O)N(c3ccccc3)C2)c1. The van der Waals surface area contributed by atoms with Crippen LogP contribution < -0.4 is 15.5 Å². The molecule has 0 bridgehead atoms. The Labute approximate surface area is 171 Å². The van der Waals surface area contributed by atoms with Gasteiger partial charge in [0.1, 0.15) is 0 Å². The van der Waals surface area contributed by atoms with Gasteiger partial charge in [-0.25, -0.2) is 0 Å². The van der Waals surface area contributed by atoms with Crippen molar-refractivity contribution in [2.75, 3.05) is 11.4 Å². The number of benzene rings is 2. The normalized spacial score (nSPS) is 17.1. The van der Waals surface area contributed by atoms with Crippen molar-refractivity contribution < 1.29 is 14.4 Å². The topological polar surface area (TPSA) is 78.5 Å². The fraction of sp³-hybridized carbons (Fsp3) is 0.348. The Hall–Kier alpha value is -3.15. The van der Waals surface area contributed by atoms with Crippen LogP contribution in [0.2, 0.25) is 0 Å². The van der Waals surface area contributed by atoms with Gasteiger partial charge in [0.15, 0.2) is 0 Å². The van der Waals surface area contributed by atoms with Crippen molar-refractivity contribution in [3.05, 3.63) is 65.7 Å². The Morgan fingerprint density at radius 2 is 1.90 bits per heavy atom. The van der Waals surface area contributed by atoms with Crippen LogP contribution >= 0.6 is 0 Å². The van der Waals surface area contributed by atoms with E-state index in [4.69, 9.17) is 0 Å². The molecule has 0 unspecified atom stereocenters. The Bertz CT molecular complexity index is 882. The van der Waals surface area contributed by atoms with Crippen LogP contribution in [0.4, 0.5) is 5.69 Å². The van der Waals surface area contributed by atoms with Crippen molar-refractivity contribution in [2.24, 2.45) is 5.92 Å². The van der Waals surface area contributed by atoms with Gasteiger partial charge in [-0.15, -0.1) is 0 Å². The molecule has 2 atom stereocenters. The van der Waals surface area contributed by atoms with Crippen LogP contribution in [0.3, 0.4) is 0 Å². The lowest BCUT2D eigenvalue weighted by Crippen LogP contribution is -2.33. The average Bonchev–Trinajstić information content (AvgIpc) is 3.14. The fourth-order valence-electron chi connectivity index (χ4n) is 3.31. The molecule has 0 radical (unpaired) electrons. The van der Waals surface area contributed by atoms with Crippen LogP contribution in [0.25, 0.3) is 0 Å². The third kappa shape index (κ3) is 5.22. The van der Waals surface area contributed by atoms with Gasteiger partial charge in [0.25, 0.3) is 5.91 Å². The summed E-state index contributed by atoms with van der Waals surface area (Å²) in [6.45, 7) is 4.68. The highest BCUT2D eigenvalue weighted by atomic mass is 16.2. The molecule has 152 valence electrons. The Morgan fingerprint density at radius 1 is 1.14 bits per heavy atom. The predicted molar refractivity (Wildman–Crippen MR) is 112 cm³/mol. The van der Waals surface area contributed by atoms with E-state index in [0.717, 1.165) is 17.7 Å². The minimum absolute atomic E-state index is 0.0416. The maximum absolute atomic E-state index is 12.6. The van der Waals surface area contributed by atoms with Gasteiger partial charge in [0.2, 0.25) is 11.8 Å².